The summed E-state index contributed by atoms with van der Waals surface area (Å²) in [7, 11) is 0. The standard InChI is InChI=1S/C43H48N2/c1-29-11-8-14-36(23-29)44(37-15-9-12-30(2)24-37)39-19-21-41(34(6)27-39)42-22-20-40(28-35(42)7)45(38-16-10-13-31(3)25-38)43-26-32(4)17-18-33(43)5/h8-16,19-23,25-28,32-33,37H,17-18,24H2,1-7H3. The molecule has 0 bridgehead atoms. The first-order chi connectivity index (χ1) is 21.7. The lowest BCUT2D eigenvalue weighted by Crippen LogP contribution is -2.30. The van der Waals surface area contributed by atoms with Gasteiger partial charge in [0.2, 0.25) is 0 Å². The molecule has 3 atom stereocenters. The van der Waals surface area contributed by atoms with Crippen molar-refractivity contribution in [3.63, 3.8) is 0 Å². The third-order valence-corrected chi connectivity index (χ3v) is 9.64. The van der Waals surface area contributed by atoms with Crippen LogP contribution in [0.25, 0.3) is 11.1 Å². The van der Waals surface area contributed by atoms with E-state index in [1.807, 2.05) is 0 Å². The summed E-state index contributed by atoms with van der Waals surface area (Å²) in [6.07, 6.45) is 12.8. The van der Waals surface area contributed by atoms with E-state index >= 15 is 0 Å². The van der Waals surface area contributed by atoms with Gasteiger partial charge in [0.25, 0.3) is 0 Å². The smallest absolute Gasteiger partial charge is 0.0562 e. The molecule has 0 radical (unpaired) electrons. The van der Waals surface area contributed by atoms with Crippen LogP contribution in [-0.4, -0.2) is 6.04 Å². The van der Waals surface area contributed by atoms with E-state index in [0.29, 0.717) is 11.8 Å². The molecule has 0 aliphatic heterocycles. The number of nitrogens with zero attached hydrogens (tertiary/aromatic N) is 2. The van der Waals surface area contributed by atoms with Gasteiger partial charge in [-0.15, -0.1) is 0 Å². The Morgan fingerprint density at radius 3 is 1.84 bits per heavy atom. The van der Waals surface area contributed by atoms with Gasteiger partial charge in [0.05, 0.1) is 6.04 Å². The molecule has 2 aliphatic rings. The number of rotatable bonds is 7. The van der Waals surface area contributed by atoms with Crippen LogP contribution in [0.1, 0.15) is 62.3 Å². The second kappa shape index (κ2) is 13.0. The molecule has 6 rings (SSSR count). The average Bonchev–Trinajstić information content (AvgIpc) is 3.00. The van der Waals surface area contributed by atoms with Crippen molar-refractivity contribution in [2.45, 2.75) is 73.8 Å². The molecule has 2 aliphatic carbocycles. The van der Waals surface area contributed by atoms with Gasteiger partial charge in [0.15, 0.2) is 0 Å². The van der Waals surface area contributed by atoms with Gasteiger partial charge < -0.3 is 9.80 Å². The molecule has 0 aromatic heterocycles. The monoisotopic (exact) mass is 592 g/mol. The number of hydrogen-bond donors (Lipinski definition) is 0. The van der Waals surface area contributed by atoms with Crippen LogP contribution >= 0.6 is 0 Å². The van der Waals surface area contributed by atoms with Gasteiger partial charge in [-0.1, -0.05) is 80.1 Å². The van der Waals surface area contributed by atoms with E-state index in [1.165, 1.54) is 80.2 Å². The van der Waals surface area contributed by atoms with Crippen molar-refractivity contribution in [1.29, 1.82) is 0 Å². The van der Waals surface area contributed by atoms with Gasteiger partial charge >= 0.3 is 0 Å². The quantitative estimate of drug-likeness (QED) is 0.211. The topological polar surface area (TPSA) is 6.48 Å². The number of hydrogen-bond acceptors (Lipinski definition) is 2. The number of anilines is 4. The van der Waals surface area contributed by atoms with Crippen molar-refractivity contribution in [2.75, 3.05) is 9.80 Å². The van der Waals surface area contributed by atoms with Crippen LogP contribution in [0.3, 0.4) is 0 Å². The Morgan fingerprint density at radius 1 is 0.622 bits per heavy atom. The molecule has 0 amide bonds. The predicted octanol–water partition coefficient (Wildman–Crippen LogP) is 12.1. The largest absolute Gasteiger partial charge is 0.334 e. The zero-order chi connectivity index (χ0) is 31.7. The molecular formula is C43H48N2. The Morgan fingerprint density at radius 2 is 1.20 bits per heavy atom. The molecule has 45 heavy (non-hydrogen) atoms. The van der Waals surface area contributed by atoms with Crippen molar-refractivity contribution in [2.24, 2.45) is 11.8 Å². The molecule has 0 heterocycles. The van der Waals surface area contributed by atoms with E-state index in [9.17, 15) is 0 Å². The van der Waals surface area contributed by atoms with E-state index in [0.717, 1.165) is 6.42 Å². The van der Waals surface area contributed by atoms with E-state index in [2.05, 4.69) is 167 Å². The van der Waals surface area contributed by atoms with Crippen molar-refractivity contribution >= 4 is 22.7 Å². The summed E-state index contributed by atoms with van der Waals surface area (Å²) in [6.45, 7) is 15.9. The molecule has 0 saturated carbocycles. The number of aryl methyl sites for hydroxylation is 4. The normalized spacial score (nSPS) is 19.6. The lowest BCUT2D eigenvalue weighted by Gasteiger charge is -2.35. The van der Waals surface area contributed by atoms with Gasteiger partial charge in [-0.3, -0.25) is 0 Å². The molecule has 4 aromatic rings. The average molecular weight is 593 g/mol. The third kappa shape index (κ3) is 6.57. The minimum Gasteiger partial charge on any atom is -0.334 e. The number of allylic oxidation sites excluding steroid dienone is 4. The van der Waals surface area contributed by atoms with E-state index in [4.69, 9.17) is 0 Å². The molecule has 0 saturated heterocycles. The van der Waals surface area contributed by atoms with Crippen LogP contribution in [0.2, 0.25) is 0 Å². The SMILES string of the molecule is CC1=CC=CC(N(c2cccc(C)c2)c2ccc(-c3ccc(N(C4=CC(C)CCC4C)c4cccc(C)c4)cc3C)c(C)c2)C1. The summed E-state index contributed by atoms with van der Waals surface area (Å²) in [5.41, 5.74) is 15.5. The molecule has 2 heteroatoms. The highest BCUT2D eigenvalue weighted by Gasteiger charge is 2.26. The zero-order valence-electron chi connectivity index (χ0n) is 28.1. The lowest BCUT2D eigenvalue weighted by molar-refractivity contribution is 0.473. The van der Waals surface area contributed by atoms with Gasteiger partial charge in [0, 0.05) is 28.4 Å². The van der Waals surface area contributed by atoms with Gasteiger partial charge in [-0.2, -0.15) is 0 Å². The van der Waals surface area contributed by atoms with Crippen LogP contribution in [0, 0.1) is 39.5 Å². The van der Waals surface area contributed by atoms with Crippen molar-refractivity contribution in [3.05, 3.63) is 143 Å². The molecule has 4 aromatic carbocycles. The minimum atomic E-state index is 0.287. The van der Waals surface area contributed by atoms with Crippen molar-refractivity contribution < 1.29 is 0 Å². The lowest BCUT2D eigenvalue weighted by atomic mass is 9.86. The summed E-state index contributed by atoms with van der Waals surface area (Å²) < 4.78 is 0. The molecule has 0 fully saturated rings. The Kier molecular flexibility index (Phi) is 8.85. The summed E-state index contributed by atoms with van der Waals surface area (Å²) in [5, 5.41) is 0. The first-order valence-electron chi connectivity index (χ1n) is 16.7. The van der Waals surface area contributed by atoms with Gasteiger partial charge in [0.1, 0.15) is 0 Å². The summed E-state index contributed by atoms with van der Waals surface area (Å²) in [5.74, 6) is 1.11. The van der Waals surface area contributed by atoms with Gasteiger partial charge in [-0.05, 0) is 148 Å². The first kappa shape index (κ1) is 30.7. The number of benzene rings is 4. The molecule has 0 spiro atoms. The second-order valence-electron chi connectivity index (χ2n) is 13.6. The molecular weight excluding hydrogens is 544 g/mol. The highest BCUT2D eigenvalue weighted by atomic mass is 15.2. The molecule has 230 valence electrons. The predicted molar refractivity (Wildman–Crippen MR) is 195 cm³/mol. The summed E-state index contributed by atoms with van der Waals surface area (Å²) >= 11 is 0. The fourth-order valence-corrected chi connectivity index (χ4v) is 7.20. The van der Waals surface area contributed by atoms with Crippen molar-refractivity contribution in [1.82, 2.24) is 0 Å². The van der Waals surface area contributed by atoms with Crippen LogP contribution < -0.4 is 9.80 Å². The highest BCUT2D eigenvalue weighted by molar-refractivity contribution is 5.79. The summed E-state index contributed by atoms with van der Waals surface area (Å²) in [4.78, 5) is 5.01. The van der Waals surface area contributed by atoms with E-state index < -0.39 is 0 Å². The van der Waals surface area contributed by atoms with E-state index in [-0.39, 0.29) is 6.04 Å². The van der Waals surface area contributed by atoms with Crippen LogP contribution in [0.5, 0.6) is 0 Å². The molecule has 0 N–H and O–H groups in total. The van der Waals surface area contributed by atoms with Crippen LogP contribution in [0.15, 0.2) is 121 Å². The summed E-state index contributed by atoms with van der Waals surface area (Å²) in [6, 6.07) is 32.2. The molecule has 2 nitrogen and oxygen atoms in total. The Balaban J connectivity index is 1.38. The highest BCUT2D eigenvalue weighted by Crippen LogP contribution is 2.41. The van der Waals surface area contributed by atoms with Gasteiger partial charge in [-0.25, -0.2) is 0 Å². The van der Waals surface area contributed by atoms with E-state index in [1.54, 1.807) is 0 Å². The Labute approximate surface area is 271 Å². The fraction of sp³-hybridized carbons (Fsp3) is 0.302. The first-order valence-corrected chi connectivity index (χ1v) is 16.7. The van der Waals surface area contributed by atoms with Crippen LogP contribution in [0.4, 0.5) is 22.7 Å². The second-order valence-corrected chi connectivity index (χ2v) is 13.6. The molecule has 3 unspecified atom stereocenters. The minimum absolute atomic E-state index is 0.287. The van der Waals surface area contributed by atoms with Crippen molar-refractivity contribution in [3.8, 4) is 11.1 Å². The van der Waals surface area contributed by atoms with Crippen LogP contribution in [-0.2, 0) is 0 Å². The maximum Gasteiger partial charge on any atom is 0.0562 e. The maximum absolute atomic E-state index is 2.51. The maximum atomic E-state index is 2.51. The fourth-order valence-electron chi connectivity index (χ4n) is 7.20. The Hall–Kier alpha value is -4.30. The third-order valence-electron chi connectivity index (χ3n) is 9.64. The zero-order valence-corrected chi connectivity index (χ0v) is 28.1. The Bertz CT molecular complexity index is 1790.